The van der Waals surface area contributed by atoms with Gasteiger partial charge in [0, 0.05) is 17.2 Å². The third kappa shape index (κ3) is 2.73. The van der Waals surface area contributed by atoms with E-state index < -0.39 is 5.97 Å². The zero-order valence-electron chi connectivity index (χ0n) is 13.0. The van der Waals surface area contributed by atoms with E-state index >= 15 is 0 Å². The van der Waals surface area contributed by atoms with Crippen molar-refractivity contribution in [2.45, 2.75) is 39.7 Å². The Kier molecular flexibility index (Phi) is 4.62. The van der Waals surface area contributed by atoms with E-state index in [2.05, 4.69) is 11.2 Å². The number of carboxylic acids is 1. The standard InChI is InChI=1S/C17H19N3O2/c1-4-11(3)20-16(17(21)22)14(5-2)15(19-20)13-8-6-12(10-18)7-9-13/h6-9,11H,4-5H2,1-3H3,(H,21,22). The van der Waals surface area contributed by atoms with Gasteiger partial charge in [-0.25, -0.2) is 4.79 Å². The zero-order chi connectivity index (χ0) is 16.3. The molecule has 22 heavy (non-hydrogen) atoms. The Balaban J connectivity index is 2.65. The lowest BCUT2D eigenvalue weighted by molar-refractivity contribution is 0.0679. The Bertz CT molecular complexity index is 724. The molecule has 114 valence electrons. The first kappa shape index (κ1) is 15.8. The van der Waals surface area contributed by atoms with E-state index in [1.54, 1.807) is 16.8 Å². The molecule has 0 radical (unpaired) electrons. The van der Waals surface area contributed by atoms with Gasteiger partial charge in [-0.15, -0.1) is 0 Å². The molecular weight excluding hydrogens is 278 g/mol. The lowest BCUT2D eigenvalue weighted by Crippen LogP contribution is -2.14. The van der Waals surface area contributed by atoms with E-state index in [9.17, 15) is 9.90 Å². The summed E-state index contributed by atoms with van der Waals surface area (Å²) in [6.45, 7) is 5.89. The van der Waals surface area contributed by atoms with Gasteiger partial charge in [0.05, 0.1) is 17.3 Å². The number of nitrogens with zero attached hydrogens (tertiary/aromatic N) is 3. The Labute approximate surface area is 129 Å². The normalized spacial score (nSPS) is 11.9. The number of aromatic carboxylic acids is 1. The zero-order valence-corrected chi connectivity index (χ0v) is 13.0. The molecule has 0 amide bonds. The molecule has 1 heterocycles. The van der Waals surface area contributed by atoms with E-state index in [4.69, 9.17) is 5.26 Å². The molecule has 0 aliphatic rings. The minimum Gasteiger partial charge on any atom is -0.477 e. The summed E-state index contributed by atoms with van der Waals surface area (Å²) in [5.74, 6) is -0.954. The second-order valence-corrected chi connectivity index (χ2v) is 5.23. The Hall–Kier alpha value is -2.61. The third-order valence-corrected chi connectivity index (χ3v) is 3.86. The van der Waals surface area contributed by atoms with Crippen molar-refractivity contribution in [3.8, 4) is 17.3 Å². The first-order valence-corrected chi connectivity index (χ1v) is 7.38. The van der Waals surface area contributed by atoms with Crippen LogP contribution in [0.4, 0.5) is 0 Å². The topological polar surface area (TPSA) is 78.9 Å². The van der Waals surface area contributed by atoms with Crippen LogP contribution in [-0.4, -0.2) is 20.9 Å². The minimum absolute atomic E-state index is 0.0172. The number of aromatic nitrogens is 2. The molecule has 0 spiro atoms. The smallest absolute Gasteiger partial charge is 0.354 e. The van der Waals surface area contributed by atoms with Crippen LogP contribution in [0.1, 0.15) is 54.8 Å². The third-order valence-electron chi connectivity index (χ3n) is 3.86. The summed E-state index contributed by atoms with van der Waals surface area (Å²) in [6, 6.07) is 9.16. The molecule has 2 rings (SSSR count). The average molecular weight is 297 g/mol. The van der Waals surface area contributed by atoms with Crippen molar-refractivity contribution < 1.29 is 9.90 Å². The van der Waals surface area contributed by atoms with E-state index in [0.717, 1.165) is 17.5 Å². The highest BCUT2D eigenvalue weighted by molar-refractivity contribution is 5.90. The van der Waals surface area contributed by atoms with Crippen molar-refractivity contribution in [3.63, 3.8) is 0 Å². The second-order valence-electron chi connectivity index (χ2n) is 5.23. The van der Waals surface area contributed by atoms with Crippen LogP contribution >= 0.6 is 0 Å². The van der Waals surface area contributed by atoms with Gasteiger partial charge in [0.2, 0.25) is 0 Å². The maximum Gasteiger partial charge on any atom is 0.354 e. The number of nitriles is 1. The van der Waals surface area contributed by atoms with Crippen LogP contribution in [-0.2, 0) is 6.42 Å². The molecule has 0 bridgehead atoms. The highest BCUT2D eigenvalue weighted by Crippen LogP contribution is 2.29. The number of hydrogen-bond donors (Lipinski definition) is 1. The van der Waals surface area contributed by atoms with Gasteiger partial charge in [0.15, 0.2) is 0 Å². The van der Waals surface area contributed by atoms with Crippen molar-refractivity contribution in [3.05, 3.63) is 41.1 Å². The summed E-state index contributed by atoms with van der Waals surface area (Å²) >= 11 is 0. The number of carboxylic acid groups (broad SMARTS) is 1. The van der Waals surface area contributed by atoms with Crippen LogP contribution in [0, 0.1) is 11.3 Å². The number of carbonyl (C=O) groups is 1. The van der Waals surface area contributed by atoms with E-state index in [-0.39, 0.29) is 11.7 Å². The van der Waals surface area contributed by atoms with Gasteiger partial charge in [-0.2, -0.15) is 10.4 Å². The highest BCUT2D eigenvalue weighted by Gasteiger charge is 2.24. The molecule has 0 aliphatic carbocycles. The summed E-state index contributed by atoms with van der Waals surface area (Å²) in [5.41, 5.74) is 3.08. The van der Waals surface area contributed by atoms with E-state index in [1.165, 1.54) is 0 Å². The summed E-state index contributed by atoms with van der Waals surface area (Å²) in [6.07, 6.45) is 1.39. The monoisotopic (exact) mass is 297 g/mol. The molecular formula is C17H19N3O2. The van der Waals surface area contributed by atoms with Crippen LogP contribution < -0.4 is 0 Å². The average Bonchev–Trinajstić information content (AvgIpc) is 2.93. The van der Waals surface area contributed by atoms with E-state index in [0.29, 0.717) is 17.7 Å². The van der Waals surface area contributed by atoms with Gasteiger partial charge in [0.1, 0.15) is 5.69 Å². The second kappa shape index (κ2) is 6.44. The number of hydrogen-bond acceptors (Lipinski definition) is 3. The van der Waals surface area contributed by atoms with Gasteiger partial charge >= 0.3 is 5.97 Å². The van der Waals surface area contributed by atoms with Crippen LogP contribution in [0.3, 0.4) is 0 Å². The van der Waals surface area contributed by atoms with Crippen LogP contribution in [0.25, 0.3) is 11.3 Å². The van der Waals surface area contributed by atoms with Crippen molar-refractivity contribution >= 4 is 5.97 Å². The minimum atomic E-state index is -0.954. The quantitative estimate of drug-likeness (QED) is 0.913. The molecule has 0 saturated carbocycles. The molecule has 1 N–H and O–H groups in total. The summed E-state index contributed by atoms with van der Waals surface area (Å²) in [4.78, 5) is 11.7. The van der Waals surface area contributed by atoms with Crippen molar-refractivity contribution in [2.24, 2.45) is 0 Å². The maximum atomic E-state index is 11.7. The lowest BCUT2D eigenvalue weighted by Gasteiger charge is -2.11. The Morgan fingerprint density at radius 2 is 2.00 bits per heavy atom. The predicted octanol–water partition coefficient (Wildman–Crippen LogP) is 3.65. The SMILES string of the molecule is CCc1c(-c2ccc(C#N)cc2)nn(C(C)CC)c1C(=O)O. The van der Waals surface area contributed by atoms with Gasteiger partial charge in [-0.3, -0.25) is 4.68 Å². The molecule has 1 aromatic carbocycles. The summed E-state index contributed by atoms with van der Waals surface area (Å²) in [7, 11) is 0. The maximum absolute atomic E-state index is 11.7. The fraction of sp³-hybridized carbons (Fsp3) is 0.353. The molecule has 0 fully saturated rings. The highest BCUT2D eigenvalue weighted by atomic mass is 16.4. The first-order valence-electron chi connectivity index (χ1n) is 7.38. The van der Waals surface area contributed by atoms with Crippen LogP contribution in [0.15, 0.2) is 24.3 Å². The summed E-state index contributed by atoms with van der Waals surface area (Å²) in [5, 5.41) is 23.0. The Morgan fingerprint density at radius 1 is 1.36 bits per heavy atom. The largest absolute Gasteiger partial charge is 0.477 e. The molecule has 0 aliphatic heterocycles. The van der Waals surface area contributed by atoms with Crippen molar-refractivity contribution in [1.82, 2.24) is 9.78 Å². The predicted molar refractivity (Wildman–Crippen MR) is 83.7 cm³/mol. The van der Waals surface area contributed by atoms with Crippen LogP contribution in [0.5, 0.6) is 0 Å². The van der Waals surface area contributed by atoms with Gasteiger partial charge < -0.3 is 5.11 Å². The van der Waals surface area contributed by atoms with Crippen LogP contribution in [0.2, 0.25) is 0 Å². The van der Waals surface area contributed by atoms with Gasteiger partial charge in [0.25, 0.3) is 0 Å². The van der Waals surface area contributed by atoms with Gasteiger partial charge in [-0.05, 0) is 31.9 Å². The molecule has 1 unspecified atom stereocenters. The van der Waals surface area contributed by atoms with Crippen molar-refractivity contribution in [2.75, 3.05) is 0 Å². The van der Waals surface area contributed by atoms with E-state index in [1.807, 2.05) is 32.9 Å². The Morgan fingerprint density at radius 3 is 2.45 bits per heavy atom. The number of benzene rings is 1. The lowest BCUT2D eigenvalue weighted by atomic mass is 10.0. The van der Waals surface area contributed by atoms with Crippen molar-refractivity contribution in [1.29, 1.82) is 5.26 Å². The van der Waals surface area contributed by atoms with Gasteiger partial charge in [-0.1, -0.05) is 26.0 Å². The summed E-state index contributed by atoms with van der Waals surface area (Å²) < 4.78 is 1.61. The number of rotatable bonds is 5. The fourth-order valence-electron chi connectivity index (χ4n) is 2.46. The fourth-order valence-corrected chi connectivity index (χ4v) is 2.46. The first-order chi connectivity index (χ1) is 10.5. The molecule has 2 aromatic rings. The molecule has 5 nitrogen and oxygen atoms in total. The molecule has 5 heteroatoms. The molecule has 0 saturated heterocycles. The molecule has 1 aromatic heterocycles. The molecule has 1 atom stereocenters.